The van der Waals surface area contributed by atoms with E-state index in [1.807, 2.05) is 12.1 Å². The molecule has 124 valence electrons. The van der Waals surface area contributed by atoms with Crippen molar-refractivity contribution in [1.29, 1.82) is 0 Å². The van der Waals surface area contributed by atoms with Crippen LogP contribution in [-0.4, -0.2) is 20.4 Å². The van der Waals surface area contributed by atoms with Gasteiger partial charge in [-0.1, -0.05) is 29.8 Å². The smallest absolute Gasteiger partial charge is 0.331 e. The van der Waals surface area contributed by atoms with Crippen LogP contribution >= 0.6 is 11.6 Å². The van der Waals surface area contributed by atoms with E-state index in [2.05, 4.69) is 22.1 Å². The predicted octanol–water partition coefficient (Wildman–Crippen LogP) is 1.52. The Kier molecular flexibility index (Phi) is 4.26. The third-order valence-corrected chi connectivity index (χ3v) is 4.05. The quantitative estimate of drug-likeness (QED) is 0.731. The minimum absolute atomic E-state index is 0.0135. The molecule has 0 fully saturated rings. The highest BCUT2D eigenvalue weighted by atomic mass is 35.5. The van der Waals surface area contributed by atoms with Gasteiger partial charge >= 0.3 is 5.69 Å². The number of H-pyrrole nitrogens is 1. The van der Waals surface area contributed by atoms with Crippen molar-refractivity contribution in [2.75, 3.05) is 0 Å². The Morgan fingerprint density at radius 1 is 1.38 bits per heavy atom. The Morgan fingerprint density at radius 2 is 2.08 bits per heavy atom. The number of aromatic amines is 1. The Bertz CT molecular complexity index is 928. The number of halogens is 1. The number of rotatable bonds is 4. The van der Waals surface area contributed by atoms with Gasteiger partial charge in [-0.25, -0.2) is 4.79 Å². The van der Waals surface area contributed by atoms with E-state index in [0.717, 1.165) is 10.1 Å². The van der Waals surface area contributed by atoms with Crippen molar-refractivity contribution in [3.8, 4) is 5.88 Å². The summed E-state index contributed by atoms with van der Waals surface area (Å²) in [5.74, 6) is -0.416. The molecule has 1 atom stereocenters. The monoisotopic (exact) mass is 346 g/mol. The Hall–Kier alpha value is -2.80. The highest BCUT2D eigenvalue weighted by Gasteiger charge is 2.27. The van der Waals surface area contributed by atoms with E-state index in [9.17, 15) is 14.7 Å². The summed E-state index contributed by atoms with van der Waals surface area (Å²) >= 11 is 5.88. The Labute approximate surface area is 141 Å². The summed E-state index contributed by atoms with van der Waals surface area (Å²) in [5, 5.41) is 15.1. The second-order valence-corrected chi connectivity index (χ2v) is 5.79. The first-order chi connectivity index (χ1) is 11.5. The first-order valence-electron chi connectivity index (χ1n) is 7.26. The van der Waals surface area contributed by atoms with Crippen LogP contribution in [0.25, 0.3) is 0 Å². The molecular weight excluding hydrogens is 332 g/mol. The summed E-state index contributed by atoms with van der Waals surface area (Å²) in [6.45, 7) is 3.61. The van der Waals surface area contributed by atoms with E-state index >= 15 is 0 Å². The second-order valence-electron chi connectivity index (χ2n) is 5.35. The van der Waals surface area contributed by atoms with Gasteiger partial charge in [-0.3, -0.25) is 14.3 Å². The van der Waals surface area contributed by atoms with Crippen LogP contribution in [0.1, 0.15) is 23.6 Å². The molecule has 0 bridgehead atoms. The molecule has 7 nitrogen and oxygen atoms in total. The normalized spacial score (nSPS) is 16.5. The number of hydrogen-bond donors (Lipinski definition) is 3. The number of nitrogens with one attached hydrogen (secondary N) is 2. The van der Waals surface area contributed by atoms with Crippen LogP contribution < -0.4 is 16.7 Å². The Balaban J connectivity index is 1.95. The van der Waals surface area contributed by atoms with Crippen molar-refractivity contribution in [2.45, 2.75) is 19.0 Å². The van der Waals surface area contributed by atoms with E-state index in [-0.39, 0.29) is 18.2 Å². The molecule has 1 aliphatic rings. The van der Waals surface area contributed by atoms with Crippen LogP contribution in [0.4, 0.5) is 0 Å². The number of hydrazone groups is 1. The van der Waals surface area contributed by atoms with Crippen LogP contribution in [0.15, 0.2) is 51.6 Å². The van der Waals surface area contributed by atoms with E-state index in [1.165, 1.54) is 6.08 Å². The second kappa shape index (κ2) is 6.37. The van der Waals surface area contributed by atoms with Gasteiger partial charge in [-0.05, 0) is 17.7 Å². The fourth-order valence-corrected chi connectivity index (χ4v) is 2.73. The molecule has 0 saturated heterocycles. The summed E-state index contributed by atoms with van der Waals surface area (Å²) in [4.78, 5) is 26.1. The van der Waals surface area contributed by atoms with Gasteiger partial charge in [0.2, 0.25) is 5.88 Å². The average Bonchev–Trinajstić information content (AvgIpc) is 3.01. The maximum absolute atomic E-state index is 12.1. The molecule has 1 aromatic carbocycles. The maximum atomic E-state index is 12.1. The average molecular weight is 347 g/mol. The van der Waals surface area contributed by atoms with Gasteiger partial charge in [0.15, 0.2) is 0 Å². The zero-order valence-electron chi connectivity index (χ0n) is 12.6. The van der Waals surface area contributed by atoms with E-state index in [0.29, 0.717) is 17.2 Å². The molecule has 0 aliphatic carbocycles. The van der Waals surface area contributed by atoms with Gasteiger partial charge < -0.3 is 10.5 Å². The highest BCUT2D eigenvalue weighted by Crippen LogP contribution is 2.26. The van der Waals surface area contributed by atoms with Gasteiger partial charge in [0, 0.05) is 18.0 Å². The zero-order valence-corrected chi connectivity index (χ0v) is 13.4. The van der Waals surface area contributed by atoms with Gasteiger partial charge in [-0.2, -0.15) is 5.10 Å². The molecule has 24 heavy (non-hydrogen) atoms. The minimum Gasteiger partial charge on any atom is -0.494 e. The van der Waals surface area contributed by atoms with Crippen molar-refractivity contribution in [1.82, 2.24) is 15.0 Å². The van der Waals surface area contributed by atoms with Crippen molar-refractivity contribution >= 4 is 17.3 Å². The molecule has 0 amide bonds. The summed E-state index contributed by atoms with van der Waals surface area (Å²) in [7, 11) is 0. The van der Waals surface area contributed by atoms with E-state index in [4.69, 9.17) is 11.6 Å². The molecule has 2 heterocycles. The fraction of sp³-hybridized carbons (Fsp3) is 0.188. The van der Waals surface area contributed by atoms with E-state index < -0.39 is 17.1 Å². The lowest BCUT2D eigenvalue weighted by Crippen LogP contribution is -2.33. The predicted molar refractivity (Wildman–Crippen MR) is 91.7 cm³/mol. The van der Waals surface area contributed by atoms with Crippen LogP contribution in [0.3, 0.4) is 0 Å². The SMILES string of the molecule is C=CCn1c(O)c(C2=NN[C@@H](c3ccc(Cl)cc3)C2)c(=O)[nH]c1=O. The standard InChI is InChI=1S/C16H15ClN4O3/c1-2-7-21-15(23)13(14(22)18-16(21)24)12-8-11(19-20-12)9-3-5-10(17)6-4-9/h2-6,11,19,23H,1,7-8H2,(H,18,22,24)/t11-/m1/s1. The topological polar surface area (TPSA) is 99.5 Å². The molecule has 2 aromatic rings. The summed E-state index contributed by atoms with van der Waals surface area (Å²) in [5.41, 5.74) is 2.89. The van der Waals surface area contributed by atoms with Gasteiger partial charge in [0.05, 0.1) is 11.8 Å². The molecule has 3 N–H and O–H groups in total. The lowest BCUT2D eigenvalue weighted by Gasteiger charge is -2.11. The molecule has 0 radical (unpaired) electrons. The number of hydrogen-bond acceptors (Lipinski definition) is 5. The van der Waals surface area contributed by atoms with Crippen molar-refractivity contribution in [3.63, 3.8) is 0 Å². The molecule has 1 aromatic heterocycles. The Morgan fingerprint density at radius 3 is 2.75 bits per heavy atom. The number of benzene rings is 1. The minimum atomic E-state index is -0.693. The van der Waals surface area contributed by atoms with Crippen LogP contribution in [-0.2, 0) is 6.54 Å². The van der Waals surface area contributed by atoms with Gasteiger partial charge in [0.25, 0.3) is 5.56 Å². The van der Waals surface area contributed by atoms with Crippen LogP contribution in [0, 0.1) is 0 Å². The van der Waals surface area contributed by atoms with Crippen molar-refractivity contribution < 1.29 is 5.11 Å². The molecule has 3 rings (SSSR count). The lowest BCUT2D eigenvalue weighted by molar-refractivity contribution is 0.409. The van der Waals surface area contributed by atoms with E-state index in [1.54, 1.807) is 12.1 Å². The van der Waals surface area contributed by atoms with Gasteiger partial charge in [0.1, 0.15) is 5.56 Å². The highest BCUT2D eigenvalue weighted by molar-refractivity contribution is 6.30. The molecule has 8 heteroatoms. The number of aromatic hydroxyl groups is 1. The number of allylic oxidation sites excluding steroid dienone is 1. The molecule has 0 saturated carbocycles. The zero-order chi connectivity index (χ0) is 17.3. The summed E-state index contributed by atoms with van der Waals surface area (Å²) in [6, 6.07) is 7.12. The van der Waals surface area contributed by atoms with Crippen LogP contribution in [0.2, 0.25) is 5.02 Å². The molecule has 1 aliphatic heterocycles. The first kappa shape index (κ1) is 16.1. The number of nitrogens with zero attached hydrogens (tertiary/aromatic N) is 2. The third kappa shape index (κ3) is 2.85. The summed E-state index contributed by atoms with van der Waals surface area (Å²) in [6.07, 6.45) is 1.85. The largest absolute Gasteiger partial charge is 0.494 e. The number of aromatic nitrogens is 2. The van der Waals surface area contributed by atoms with Crippen molar-refractivity contribution in [2.24, 2.45) is 5.10 Å². The van der Waals surface area contributed by atoms with Crippen LogP contribution in [0.5, 0.6) is 5.88 Å². The first-order valence-corrected chi connectivity index (χ1v) is 7.64. The maximum Gasteiger partial charge on any atom is 0.331 e. The third-order valence-electron chi connectivity index (χ3n) is 3.80. The molecular formula is C16H15ClN4O3. The molecule has 0 unspecified atom stereocenters. The van der Waals surface area contributed by atoms with Crippen molar-refractivity contribution in [3.05, 3.63) is 73.9 Å². The fourth-order valence-electron chi connectivity index (χ4n) is 2.60. The summed E-state index contributed by atoms with van der Waals surface area (Å²) < 4.78 is 1.03. The lowest BCUT2D eigenvalue weighted by atomic mass is 10.00. The molecule has 0 spiro atoms. The van der Waals surface area contributed by atoms with Gasteiger partial charge in [-0.15, -0.1) is 6.58 Å².